The molecule has 322 valence electrons. The van der Waals surface area contributed by atoms with Crippen molar-refractivity contribution < 1.29 is 0 Å². The molecule has 2 aromatic heterocycles. The SMILES string of the molecule is c1ccc(-c2cc(-c3cccc(-c4cc(-c5ccccc5)nc(-c5cccc(N(c6ccccc6)c6ccccc6)c5)c4)c3)cc(-c3cccc(N(c4ccccc4)c4ccccc4)c3)n2)cc1. The Hall–Kier alpha value is -9.12. The van der Waals surface area contributed by atoms with Crippen molar-refractivity contribution in [3.63, 3.8) is 0 Å². The minimum Gasteiger partial charge on any atom is -0.310 e. The van der Waals surface area contributed by atoms with Crippen molar-refractivity contribution in [2.45, 2.75) is 0 Å². The third-order valence-corrected chi connectivity index (χ3v) is 12.2. The zero-order valence-corrected chi connectivity index (χ0v) is 37.3. The lowest BCUT2D eigenvalue weighted by Gasteiger charge is -2.26. The number of benzene rings is 9. The fourth-order valence-corrected chi connectivity index (χ4v) is 8.89. The van der Waals surface area contributed by atoms with Crippen LogP contribution in [0.25, 0.3) is 67.3 Å². The zero-order valence-electron chi connectivity index (χ0n) is 37.3. The van der Waals surface area contributed by atoms with Crippen molar-refractivity contribution in [3.8, 4) is 67.3 Å². The van der Waals surface area contributed by atoms with Gasteiger partial charge in [-0.1, -0.05) is 176 Å². The van der Waals surface area contributed by atoms with E-state index in [2.05, 4.69) is 289 Å². The van der Waals surface area contributed by atoms with Crippen molar-refractivity contribution in [3.05, 3.63) is 279 Å². The highest BCUT2D eigenvalue weighted by molar-refractivity contribution is 5.85. The van der Waals surface area contributed by atoms with Crippen molar-refractivity contribution in [1.82, 2.24) is 9.97 Å². The molecular weight excluding hydrogens is 825 g/mol. The van der Waals surface area contributed by atoms with Gasteiger partial charge in [0.2, 0.25) is 0 Å². The highest BCUT2D eigenvalue weighted by Crippen LogP contribution is 2.40. The molecule has 9 aromatic carbocycles. The Labute approximate surface area is 398 Å². The Morgan fingerprint density at radius 3 is 0.765 bits per heavy atom. The van der Waals surface area contributed by atoms with E-state index in [1.165, 1.54) is 0 Å². The normalized spacial score (nSPS) is 10.9. The molecule has 11 rings (SSSR count). The Morgan fingerprint density at radius 2 is 0.426 bits per heavy atom. The monoisotopic (exact) mass is 870 g/mol. The summed E-state index contributed by atoms with van der Waals surface area (Å²) >= 11 is 0. The van der Waals surface area contributed by atoms with E-state index in [-0.39, 0.29) is 0 Å². The third kappa shape index (κ3) is 8.95. The van der Waals surface area contributed by atoms with Gasteiger partial charge in [0, 0.05) is 56.4 Å². The summed E-state index contributed by atoms with van der Waals surface area (Å²) in [6, 6.07) is 98.1. The molecule has 0 bridgehead atoms. The first-order valence-electron chi connectivity index (χ1n) is 23.0. The van der Waals surface area contributed by atoms with Crippen molar-refractivity contribution in [2.24, 2.45) is 0 Å². The molecule has 11 aromatic rings. The number of nitrogens with zero attached hydrogens (tertiary/aromatic N) is 4. The largest absolute Gasteiger partial charge is 0.310 e. The maximum atomic E-state index is 5.34. The molecule has 0 saturated carbocycles. The van der Waals surface area contributed by atoms with Crippen molar-refractivity contribution in [1.29, 1.82) is 0 Å². The average Bonchev–Trinajstić information content (AvgIpc) is 3.43. The predicted molar refractivity (Wildman–Crippen MR) is 284 cm³/mol. The van der Waals surface area contributed by atoms with E-state index >= 15 is 0 Å². The predicted octanol–water partition coefficient (Wildman–Crippen LogP) is 17.4. The van der Waals surface area contributed by atoms with E-state index in [0.717, 1.165) is 101 Å². The van der Waals surface area contributed by atoms with Gasteiger partial charge in [-0.15, -0.1) is 0 Å². The molecule has 0 fully saturated rings. The summed E-state index contributed by atoms with van der Waals surface area (Å²) in [5.74, 6) is 0. The minimum absolute atomic E-state index is 0.896. The summed E-state index contributed by atoms with van der Waals surface area (Å²) in [5.41, 5.74) is 18.6. The Balaban J connectivity index is 1.02. The van der Waals surface area contributed by atoms with Gasteiger partial charge in [0.15, 0.2) is 0 Å². The van der Waals surface area contributed by atoms with E-state index in [0.29, 0.717) is 0 Å². The lowest BCUT2D eigenvalue weighted by molar-refractivity contribution is 1.27. The molecule has 0 N–H and O–H groups in total. The second-order valence-electron chi connectivity index (χ2n) is 16.7. The van der Waals surface area contributed by atoms with Crippen LogP contribution in [-0.4, -0.2) is 9.97 Å². The second-order valence-corrected chi connectivity index (χ2v) is 16.7. The molecule has 68 heavy (non-hydrogen) atoms. The lowest BCUT2D eigenvalue weighted by atomic mass is 9.95. The molecule has 0 spiro atoms. The first-order valence-corrected chi connectivity index (χ1v) is 23.0. The minimum atomic E-state index is 0.896. The van der Waals surface area contributed by atoms with Gasteiger partial charge in [0.05, 0.1) is 22.8 Å². The molecule has 0 atom stereocenters. The van der Waals surface area contributed by atoms with Gasteiger partial charge in [-0.3, -0.25) is 0 Å². The number of hydrogen-bond acceptors (Lipinski definition) is 4. The van der Waals surface area contributed by atoms with Crippen LogP contribution < -0.4 is 9.80 Å². The van der Waals surface area contributed by atoms with Crippen LogP contribution in [0.1, 0.15) is 0 Å². The van der Waals surface area contributed by atoms with Gasteiger partial charge in [-0.25, -0.2) is 9.97 Å². The fourth-order valence-electron chi connectivity index (χ4n) is 8.89. The Bertz CT molecular complexity index is 3130. The second kappa shape index (κ2) is 19.2. The Morgan fingerprint density at radius 1 is 0.176 bits per heavy atom. The van der Waals surface area contributed by atoms with Gasteiger partial charge in [0.25, 0.3) is 0 Å². The number of rotatable bonds is 12. The summed E-state index contributed by atoms with van der Waals surface area (Å²) in [7, 11) is 0. The number of aromatic nitrogens is 2. The fraction of sp³-hybridized carbons (Fsp3) is 0. The highest BCUT2D eigenvalue weighted by atomic mass is 15.1. The summed E-state index contributed by atoms with van der Waals surface area (Å²) in [4.78, 5) is 15.3. The van der Waals surface area contributed by atoms with Gasteiger partial charge in [0.1, 0.15) is 0 Å². The maximum absolute atomic E-state index is 5.34. The molecule has 0 aliphatic carbocycles. The Kier molecular flexibility index (Phi) is 11.7. The average molecular weight is 871 g/mol. The van der Waals surface area contributed by atoms with Crippen molar-refractivity contribution in [2.75, 3.05) is 9.80 Å². The first kappa shape index (κ1) is 41.6. The van der Waals surface area contributed by atoms with Gasteiger partial charge < -0.3 is 9.80 Å². The van der Waals surface area contributed by atoms with Crippen LogP contribution in [0.4, 0.5) is 34.1 Å². The standard InChI is InChI=1S/C64H46N4/c1-7-22-47(23-8-1)61-43-53(45-63(65-61)51-28-20-38-59(41-51)67(55-30-11-3-12-31-55)56-32-13-4-14-33-56)49-26-19-27-50(40-49)54-44-62(48-24-9-2-10-25-48)66-64(46-54)52-29-21-39-60(42-52)68(57-34-15-5-16-35-57)58-36-17-6-18-37-58/h1-46H. The van der Waals surface area contributed by atoms with E-state index < -0.39 is 0 Å². The zero-order chi connectivity index (χ0) is 45.5. The number of hydrogen-bond donors (Lipinski definition) is 0. The number of anilines is 6. The van der Waals surface area contributed by atoms with Crippen LogP contribution in [0, 0.1) is 0 Å². The van der Waals surface area contributed by atoms with Crippen LogP contribution in [0.5, 0.6) is 0 Å². The molecule has 0 saturated heterocycles. The van der Waals surface area contributed by atoms with E-state index in [1.807, 2.05) is 0 Å². The highest BCUT2D eigenvalue weighted by Gasteiger charge is 2.18. The quantitative estimate of drug-likeness (QED) is 0.122. The molecule has 2 heterocycles. The molecule has 0 radical (unpaired) electrons. The summed E-state index contributed by atoms with van der Waals surface area (Å²) in [6.45, 7) is 0. The number of pyridine rings is 2. The molecule has 0 aliphatic rings. The summed E-state index contributed by atoms with van der Waals surface area (Å²) in [6.07, 6.45) is 0. The number of para-hydroxylation sites is 4. The molecule has 4 nitrogen and oxygen atoms in total. The smallest absolute Gasteiger partial charge is 0.0716 e. The van der Waals surface area contributed by atoms with Gasteiger partial charge >= 0.3 is 0 Å². The van der Waals surface area contributed by atoms with Crippen LogP contribution in [0.15, 0.2) is 279 Å². The van der Waals surface area contributed by atoms with Crippen LogP contribution >= 0.6 is 0 Å². The first-order chi connectivity index (χ1) is 33.7. The summed E-state index contributed by atoms with van der Waals surface area (Å²) < 4.78 is 0. The lowest BCUT2D eigenvalue weighted by Crippen LogP contribution is -2.09. The summed E-state index contributed by atoms with van der Waals surface area (Å²) in [5, 5.41) is 0. The van der Waals surface area contributed by atoms with Crippen LogP contribution in [0.3, 0.4) is 0 Å². The van der Waals surface area contributed by atoms with Crippen LogP contribution in [-0.2, 0) is 0 Å². The molecule has 0 amide bonds. The van der Waals surface area contributed by atoms with E-state index in [1.54, 1.807) is 0 Å². The van der Waals surface area contributed by atoms with E-state index in [9.17, 15) is 0 Å². The topological polar surface area (TPSA) is 32.3 Å². The molecule has 4 heteroatoms. The van der Waals surface area contributed by atoms with Crippen LogP contribution in [0.2, 0.25) is 0 Å². The van der Waals surface area contributed by atoms with E-state index in [4.69, 9.17) is 9.97 Å². The van der Waals surface area contributed by atoms with Crippen molar-refractivity contribution >= 4 is 34.1 Å². The molecular formula is C64H46N4. The maximum Gasteiger partial charge on any atom is 0.0716 e. The molecule has 0 unspecified atom stereocenters. The van der Waals surface area contributed by atoms with Gasteiger partial charge in [-0.2, -0.15) is 0 Å². The molecule has 0 aliphatic heterocycles. The third-order valence-electron chi connectivity index (χ3n) is 12.2. The van der Waals surface area contributed by atoms with Gasteiger partial charge in [-0.05, 0) is 125 Å².